The first-order valence-corrected chi connectivity index (χ1v) is 10.9. The lowest BCUT2D eigenvalue weighted by molar-refractivity contribution is -0.161. The number of carbonyl (C=O) groups is 2. The standard InChI is InChI=1S/C16H24IN3O3S/c1-16(2)12(15(22)23-9-17)20-13(21)11(14(20)24-16)18-10-19-7-5-3-4-6-8-19/h10-12,14H,3-9H2,1-2H3/t11?,12-,14+/m0/s1. The lowest BCUT2D eigenvalue weighted by Gasteiger charge is -2.41. The number of amides is 1. The quantitative estimate of drug-likeness (QED) is 0.159. The smallest absolute Gasteiger partial charge is 0.331 e. The van der Waals surface area contributed by atoms with Crippen LogP contribution in [0.4, 0.5) is 0 Å². The van der Waals surface area contributed by atoms with Crippen LogP contribution < -0.4 is 0 Å². The van der Waals surface area contributed by atoms with Gasteiger partial charge in [0, 0.05) is 17.8 Å². The summed E-state index contributed by atoms with van der Waals surface area (Å²) in [6.45, 7) is 6.03. The number of esters is 1. The number of thioether (sulfide) groups is 1. The molecule has 0 aromatic rings. The molecule has 3 saturated heterocycles. The van der Waals surface area contributed by atoms with Gasteiger partial charge in [0.2, 0.25) is 0 Å². The molecule has 3 atom stereocenters. The van der Waals surface area contributed by atoms with E-state index in [0.717, 1.165) is 13.1 Å². The van der Waals surface area contributed by atoms with Crippen LogP contribution in [-0.4, -0.2) is 67.9 Å². The monoisotopic (exact) mass is 465 g/mol. The number of halogens is 1. The van der Waals surface area contributed by atoms with Gasteiger partial charge in [0.05, 0.1) is 6.34 Å². The minimum Gasteiger partial charge on any atom is -0.453 e. The number of alkyl halides is 1. The van der Waals surface area contributed by atoms with E-state index in [-0.39, 0.29) is 28.0 Å². The van der Waals surface area contributed by atoms with Crippen molar-refractivity contribution in [2.24, 2.45) is 4.99 Å². The van der Waals surface area contributed by atoms with Gasteiger partial charge < -0.3 is 14.5 Å². The molecule has 3 fully saturated rings. The molecule has 3 aliphatic heterocycles. The van der Waals surface area contributed by atoms with Crippen molar-refractivity contribution < 1.29 is 14.3 Å². The van der Waals surface area contributed by atoms with E-state index < -0.39 is 6.04 Å². The van der Waals surface area contributed by atoms with Crippen molar-refractivity contribution in [3.05, 3.63) is 0 Å². The fourth-order valence-electron chi connectivity index (χ4n) is 3.62. The van der Waals surface area contributed by atoms with Crippen LogP contribution in [-0.2, 0) is 14.3 Å². The Bertz CT molecular complexity index is 535. The molecule has 24 heavy (non-hydrogen) atoms. The van der Waals surface area contributed by atoms with Crippen LogP contribution >= 0.6 is 34.4 Å². The molecule has 0 saturated carbocycles. The van der Waals surface area contributed by atoms with Crippen LogP contribution in [0.15, 0.2) is 4.99 Å². The number of hydrogen-bond donors (Lipinski definition) is 0. The highest BCUT2D eigenvalue weighted by Gasteiger charge is 2.64. The van der Waals surface area contributed by atoms with Gasteiger partial charge in [-0.25, -0.2) is 4.79 Å². The molecule has 1 amide bonds. The zero-order valence-electron chi connectivity index (χ0n) is 14.1. The molecule has 134 valence electrons. The Morgan fingerprint density at radius 1 is 1.38 bits per heavy atom. The van der Waals surface area contributed by atoms with Crippen molar-refractivity contribution >= 4 is 52.6 Å². The average molecular weight is 465 g/mol. The number of rotatable bonds is 4. The Morgan fingerprint density at radius 3 is 2.67 bits per heavy atom. The van der Waals surface area contributed by atoms with Crippen LogP contribution in [0.5, 0.6) is 0 Å². The van der Waals surface area contributed by atoms with Gasteiger partial charge in [-0.1, -0.05) is 12.8 Å². The molecule has 0 spiro atoms. The predicted molar refractivity (Wildman–Crippen MR) is 103 cm³/mol. The lowest BCUT2D eigenvalue weighted by atomic mass is 9.96. The Labute approximate surface area is 160 Å². The fraction of sp³-hybridized carbons (Fsp3) is 0.812. The van der Waals surface area contributed by atoms with Gasteiger partial charge in [0.15, 0.2) is 6.04 Å². The first-order chi connectivity index (χ1) is 11.5. The van der Waals surface area contributed by atoms with Gasteiger partial charge in [-0.05, 0) is 49.3 Å². The van der Waals surface area contributed by atoms with Gasteiger partial charge in [-0.15, -0.1) is 11.8 Å². The number of fused-ring (bicyclic) bond motifs is 1. The minimum atomic E-state index is -0.514. The first kappa shape index (κ1) is 18.3. The van der Waals surface area contributed by atoms with Crippen molar-refractivity contribution in [3.63, 3.8) is 0 Å². The van der Waals surface area contributed by atoms with E-state index in [1.165, 1.54) is 25.7 Å². The molecule has 6 nitrogen and oxygen atoms in total. The zero-order valence-corrected chi connectivity index (χ0v) is 17.1. The summed E-state index contributed by atoms with van der Waals surface area (Å²) in [7, 11) is 0. The molecule has 8 heteroatoms. The summed E-state index contributed by atoms with van der Waals surface area (Å²) in [6, 6.07) is -0.880. The maximum atomic E-state index is 12.6. The molecule has 3 rings (SSSR count). The van der Waals surface area contributed by atoms with Gasteiger partial charge in [-0.3, -0.25) is 9.79 Å². The zero-order chi connectivity index (χ0) is 17.3. The molecular weight excluding hydrogens is 441 g/mol. The molecule has 3 heterocycles. The molecular formula is C16H24IN3O3S. The van der Waals surface area contributed by atoms with Gasteiger partial charge in [0.1, 0.15) is 16.0 Å². The van der Waals surface area contributed by atoms with Gasteiger partial charge >= 0.3 is 5.97 Å². The van der Waals surface area contributed by atoms with Crippen LogP contribution in [0.1, 0.15) is 39.5 Å². The number of likely N-dealkylation sites (tertiary alicyclic amines) is 1. The third kappa shape index (κ3) is 3.40. The highest BCUT2D eigenvalue weighted by molar-refractivity contribution is 14.1. The van der Waals surface area contributed by atoms with Crippen molar-refractivity contribution in [2.45, 2.75) is 61.7 Å². The normalized spacial score (nSPS) is 32.5. The van der Waals surface area contributed by atoms with Crippen LogP contribution in [0.3, 0.4) is 0 Å². The molecule has 0 bridgehead atoms. The molecule has 3 aliphatic rings. The highest BCUT2D eigenvalue weighted by atomic mass is 127. The molecule has 0 N–H and O–H groups in total. The number of ether oxygens (including phenoxy) is 1. The van der Waals surface area contributed by atoms with E-state index >= 15 is 0 Å². The molecule has 0 aromatic heterocycles. The molecule has 1 unspecified atom stereocenters. The summed E-state index contributed by atoms with van der Waals surface area (Å²) < 4.78 is 5.11. The van der Waals surface area contributed by atoms with Crippen molar-refractivity contribution in [2.75, 3.05) is 17.7 Å². The maximum Gasteiger partial charge on any atom is 0.331 e. The largest absolute Gasteiger partial charge is 0.453 e. The number of aliphatic imine (C=N–C) groups is 1. The Balaban J connectivity index is 1.67. The predicted octanol–water partition coefficient (Wildman–Crippen LogP) is 2.26. The number of nitrogens with zero attached hydrogens (tertiary/aromatic N) is 3. The average Bonchev–Trinajstić information content (AvgIpc) is 2.69. The van der Waals surface area contributed by atoms with Crippen LogP contribution in [0.25, 0.3) is 0 Å². The maximum absolute atomic E-state index is 12.6. The SMILES string of the molecule is CC1(C)S[C@@H]2C(N=CN3CCCCCC3)C(=O)N2[C@H]1C(=O)OCI. The number of β-lactam (4-membered cyclic amide) rings is 1. The van der Waals surface area contributed by atoms with E-state index in [9.17, 15) is 9.59 Å². The summed E-state index contributed by atoms with van der Waals surface area (Å²) in [6.07, 6.45) is 6.77. The summed E-state index contributed by atoms with van der Waals surface area (Å²) in [5.41, 5.74) is 0. The van der Waals surface area contributed by atoms with E-state index in [4.69, 9.17) is 4.74 Å². The van der Waals surface area contributed by atoms with Gasteiger partial charge in [0.25, 0.3) is 5.91 Å². The van der Waals surface area contributed by atoms with E-state index in [1.807, 2.05) is 42.8 Å². The van der Waals surface area contributed by atoms with Crippen molar-refractivity contribution in [3.8, 4) is 0 Å². The van der Waals surface area contributed by atoms with Gasteiger partial charge in [-0.2, -0.15) is 0 Å². The second-order valence-electron chi connectivity index (χ2n) is 6.99. The van der Waals surface area contributed by atoms with Crippen LogP contribution in [0.2, 0.25) is 0 Å². The second kappa shape index (κ2) is 7.39. The summed E-state index contributed by atoms with van der Waals surface area (Å²) >= 11 is 3.65. The van der Waals surface area contributed by atoms with Crippen LogP contribution in [0, 0.1) is 0 Å². The minimum absolute atomic E-state index is 0.0533. The third-order valence-corrected chi connectivity index (χ3v) is 6.73. The lowest BCUT2D eigenvalue weighted by Crippen LogP contribution is -2.65. The summed E-state index contributed by atoms with van der Waals surface area (Å²) in [5, 5.41) is -0.0533. The first-order valence-electron chi connectivity index (χ1n) is 8.45. The Morgan fingerprint density at radius 2 is 2.04 bits per heavy atom. The van der Waals surface area contributed by atoms with Crippen molar-refractivity contribution in [1.82, 2.24) is 9.80 Å². The summed E-state index contributed by atoms with van der Waals surface area (Å²) in [5.74, 6) is -0.368. The fourth-order valence-corrected chi connectivity index (χ4v) is 5.54. The molecule has 0 aromatic carbocycles. The topological polar surface area (TPSA) is 62.2 Å². The third-order valence-electron chi connectivity index (χ3n) is 4.86. The van der Waals surface area contributed by atoms with Crippen molar-refractivity contribution in [1.29, 1.82) is 0 Å². The number of carbonyl (C=O) groups excluding carboxylic acids is 2. The Hall–Kier alpha value is -0.510. The molecule has 0 aliphatic carbocycles. The second-order valence-corrected chi connectivity index (χ2v) is 9.39. The van der Waals surface area contributed by atoms with E-state index in [2.05, 4.69) is 9.89 Å². The number of hydrogen-bond acceptors (Lipinski definition) is 5. The molecule has 0 radical (unpaired) electrons. The van der Waals surface area contributed by atoms with E-state index in [1.54, 1.807) is 16.7 Å². The highest BCUT2D eigenvalue weighted by Crippen LogP contribution is 2.51. The van der Waals surface area contributed by atoms with E-state index in [0.29, 0.717) is 4.61 Å². The summed E-state index contributed by atoms with van der Waals surface area (Å²) in [4.78, 5) is 33.3. The Kier molecular flexibility index (Phi) is 5.63.